The van der Waals surface area contributed by atoms with Crippen LogP contribution < -0.4 is 5.32 Å². The molecule has 1 aliphatic heterocycles. The first-order valence-corrected chi connectivity index (χ1v) is 6.88. The Balaban J connectivity index is 1.96. The molecular formula is C18H17NO. The molecule has 2 aromatic rings. The number of carbonyl (C=O) groups excluding carboxylic acids is 1. The van der Waals surface area contributed by atoms with Gasteiger partial charge in [0.2, 0.25) is 0 Å². The fourth-order valence-electron chi connectivity index (χ4n) is 2.59. The van der Waals surface area contributed by atoms with Crippen LogP contribution in [0, 0.1) is 5.92 Å². The quantitative estimate of drug-likeness (QED) is 0.897. The molecule has 0 bridgehead atoms. The molecule has 3 rings (SSSR count). The van der Waals surface area contributed by atoms with Crippen LogP contribution in [-0.2, 0) is 4.79 Å². The number of hydrogen-bond donors (Lipinski definition) is 1. The standard InChI is InChI=1S/C18H17NO/c1-13-17(20)12-16(14-8-4-2-5-9-14)19-18(13)15-10-6-3-7-11-15/h2-13,18-19H,1H3/t13-,18+/m1/s1. The van der Waals surface area contributed by atoms with Gasteiger partial charge in [-0.3, -0.25) is 4.79 Å². The smallest absolute Gasteiger partial charge is 0.162 e. The number of benzene rings is 2. The van der Waals surface area contributed by atoms with E-state index in [4.69, 9.17) is 0 Å². The van der Waals surface area contributed by atoms with E-state index in [0.717, 1.165) is 16.8 Å². The van der Waals surface area contributed by atoms with E-state index >= 15 is 0 Å². The summed E-state index contributed by atoms with van der Waals surface area (Å²) in [6.45, 7) is 1.98. The predicted octanol–water partition coefficient (Wildman–Crippen LogP) is 3.58. The lowest BCUT2D eigenvalue weighted by molar-refractivity contribution is -0.118. The summed E-state index contributed by atoms with van der Waals surface area (Å²) in [5, 5.41) is 3.51. The molecule has 2 heteroatoms. The average Bonchev–Trinajstić information content (AvgIpc) is 2.51. The summed E-state index contributed by atoms with van der Waals surface area (Å²) < 4.78 is 0. The number of carbonyl (C=O) groups is 1. The van der Waals surface area contributed by atoms with Gasteiger partial charge in [0.05, 0.1) is 6.04 Å². The number of hydrogen-bond acceptors (Lipinski definition) is 2. The van der Waals surface area contributed by atoms with Crippen LogP contribution in [-0.4, -0.2) is 5.78 Å². The monoisotopic (exact) mass is 263 g/mol. The van der Waals surface area contributed by atoms with Crippen LogP contribution in [0.4, 0.5) is 0 Å². The van der Waals surface area contributed by atoms with E-state index in [0.29, 0.717) is 0 Å². The van der Waals surface area contributed by atoms with Crippen LogP contribution in [0.25, 0.3) is 5.70 Å². The first-order valence-electron chi connectivity index (χ1n) is 6.88. The van der Waals surface area contributed by atoms with Crippen LogP contribution in [0.2, 0.25) is 0 Å². The SMILES string of the molecule is C[C@@H]1C(=O)C=C(c2ccccc2)N[C@@H]1c1ccccc1. The van der Waals surface area contributed by atoms with Crippen molar-refractivity contribution in [2.45, 2.75) is 13.0 Å². The Morgan fingerprint density at radius 1 is 0.900 bits per heavy atom. The minimum atomic E-state index is -0.0511. The van der Waals surface area contributed by atoms with Gasteiger partial charge < -0.3 is 5.32 Å². The van der Waals surface area contributed by atoms with Gasteiger partial charge in [-0.05, 0) is 11.1 Å². The van der Waals surface area contributed by atoms with Crippen molar-refractivity contribution in [1.29, 1.82) is 0 Å². The van der Waals surface area contributed by atoms with Gasteiger partial charge in [-0.1, -0.05) is 67.6 Å². The Hall–Kier alpha value is -2.35. The van der Waals surface area contributed by atoms with E-state index in [9.17, 15) is 4.79 Å². The van der Waals surface area contributed by atoms with Crippen LogP contribution in [0.3, 0.4) is 0 Å². The molecule has 0 saturated carbocycles. The lowest BCUT2D eigenvalue weighted by Crippen LogP contribution is -2.34. The highest BCUT2D eigenvalue weighted by Crippen LogP contribution is 2.30. The summed E-state index contributed by atoms with van der Waals surface area (Å²) in [4.78, 5) is 12.2. The largest absolute Gasteiger partial charge is 0.377 e. The maximum absolute atomic E-state index is 12.2. The number of nitrogens with one attached hydrogen (secondary N) is 1. The molecule has 0 fully saturated rings. The predicted molar refractivity (Wildman–Crippen MR) is 80.9 cm³/mol. The number of rotatable bonds is 2. The van der Waals surface area contributed by atoms with E-state index in [1.165, 1.54) is 0 Å². The molecule has 0 spiro atoms. The van der Waals surface area contributed by atoms with Crippen molar-refractivity contribution in [3.63, 3.8) is 0 Å². The molecule has 0 unspecified atom stereocenters. The van der Waals surface area contributed by atoms with Crippen molar-refractivity contribution in [3.8, 4) is 0 Å². The van der Waals surface area contributed by atoms with Crippen molar-refractivity contribution in [1.82, 2.24) is 5.32 Å². The normalized spacial score (nSPS) is 22.1. The maximum atomic E-state index is 12.2. The molecule has 2 nitrogen and oxygen atoms in total. The Bertz CT molecular complexity index is 631. The topological polar surface area (TPSA) is 29.1 Å². The highest BCUT2D eigenvalue weighted by Gasteiger charge is 2.29. The Kier molecular flexibility index (Phi) is 3.38. The van der Waals surface area contributed by atoms with E-state index in [2.05, 4.69) is 17.4 Å². The average molecular weight is 263 g/mol. The van der Waals surface area contributed by atoms with E-state index in [1.54, 1.807) is 6.08 Å². The zero-order valence-electron chi connectivity index (χ0n) is 11.4. The minimum Gasteiger partial charge on any atom is -0.377 e. The Morgan fingerprint density at radius 2 is 1.50 bits per heavy atom. The molecule has 1 aliphatic rings. The third-order valence-corrected chi connectivity index (χ3v) is 3.79. The molecular weight excluding hydrogens is 246 g/mol. The highest BCUT2D eigenvalue weighted by atomic mass is 16.1. The molecule has 0 amide bonds. The Labute approximate surface area is 119 Å². The molecule has 1 N–H and O–H groups in total. The summed E-state index contributed by atoms with van der Waals surface area (Å²) in [5.41, 5.74) is 3.10. The number of ketones is 1. The van der Waals surface area contributed by atoms with E-state index in [-0.39, 0.29) is 17.7 Å². The number of allylic oxidation sites excluding steroid dienone is 1. The summed E-state index contributed by atoms with van der Waals surface area (Å²) in [5.74, 6) is 0.126. The van der Waals surface area contributed by atoms with Gasteiger partial charge in [0, 0.05) is 17.7 Å². The molecule has 0 aliphatic carbocycles. The summed E-state index contributed by atoms with van der Waals surface area (Å²) >= 11 is 0. The third-order valence-electron chi connectivity index (χ3n) is 3.79. The molecule has 1 heterocycles. The molecule has 0 aromatic heterocycles. The lowest BCUT2D eigenvalue weighted by atomic mass is 9.87. The van der Waals surface area contributed by atoms with Gasteiger partial charge in [-0.15, -0.1) is 0 Å². The van der Waals surface area contributed by atoms with Crippen LogP contribution >= 0.6 is 0 Å². The molecule has 2 atom stereocenters. The molecule has 0 radical (unpaired) electrons. The second kappa shape index (κ2) is 5.33. The van der Waals surface area contributed by atoms with Gasteiger partial charge in [0.15, 0.2) is 5.78 Å². The molecule has 100 valence electrons. The zero-order valence-corrected chi connectivity index (χ0v) is 11.4. The highest BCUT2D eigenvalue weighted by molar-refractivity contribution is 6.00. The van der Waals surface area contributed by atoms with Crippen molar-refractivity contribution in [3.05, 3.63) is 77.9 Å². The van der Waals surface area contributed by atoms with Gasteiger partial charge in [-0.25, -0.2) is 0 Å². The fourth-order valence-corrected chi connectivity index (χ4v) is 2.59. The van der Waals surface area contributed by atoms with Crippen molar-refractivity contribution in [2.75, 3.05) is 0 Å². The lowest BCUT2D eigenvalue weighted by Gasteiger charge is -2.30. The van der Waals surface area contributed by atoms with Crippen molar-refractivity contribution >= 4 is 11.5 Å². The summed E-state index contributed by atoms with van der Waals surface area (Å²) in [6, 6.07) is 20.2. The summed E-state index contributed by atoms with van der Waals surface area (Å²) in [7, 11) is 0. The summed E-state index contributed by atoms with van der Waals surface area (Å²) in [6.07, 6.45) is 1.72. The van der Waals surface area contributed by atoms with Crippen LogP contribution in [0.1, 0.15) is 24.1 Å². The maximum Gasteiger partial charge on any atom is 0.162 e. The molecule has 2 aromatic carbocycles. The minimum absolute atomic E-state index is 0.0314. The second-order valence-electron chi connectivity index (χ2n) is 5.15. The van der Waals surface area contributed by atoms with Crippen molar-refractivity contribution in [2.24, 2.45) is 5.92 Å². The van der Waals surface area contributed by atoms with Crippen LogP contribution in [0.5, 0.6) is 0 Å². The fraction of sp³-hybridized carbons (Fsp3) is 0.167. The first kappa shape index (κ1) is 12.7. The van der Waals surface area contributed by atoms with Crippen LogP contribution in [0.15, 0.2) is 66.7 Å². The molecule has 0 saturated heterocycles. The van der Waals surface area contributed by atoms with Crippen molar-refractivity contribution < 1.29 is 4.79 Å². The van der Waals surface area contributed by atoms with Gasteiger partial charge in [0.1, 0.15) is 0 Å². The second-order valence-corrected chi connectivity index (χ2v) is 5.15. The third kappa shape index (κ3) is 2.37. The Morgan fingerprint density at radius 3 is 2.15 bits per heavy atom. The zero-order chi connectivity index (χ0) is 13.9. The van der Waals surface area contributed by atoms with E-state index in [1.807, 2.05) is 55.5 Å². The first-order chi connectivity index (χ1) is 9.75. The van der Waals surface area contributed by atoms with Gasteiger partial charge in [0.25, 0.3) is 0 Å². The molecule has 20 heavy (non-hydrogen) atoms. The van der Waals surface area contributed by atoms with Gasteiger partial charge >= 0.3 is 0 Å². The van der Waals surface area contributed by atoms with E-state index < -0.39 is 0 Å². The van der Waals surface area contributed by atoms with Gasteiger partial charge in [-0.2, -0.15) is 0 Å².